The number of hydrogen-bond acceptors (Lipinski definition) is 1. The second kappa shape index (κ2) is 5.75. The van der Waals surface area contributed by atoms with Crippen molar-refractivity contribution >= 4 is 24.0 Å². The van der Waals surface area contributed by atoms with Gasteiger partial charge in [-0.1, -0.05) is 24.6 Å². The third-order valence-corrected chi connectivity index (χ3v) is 2.50. The van der Waals surface area contributed by atoms with Gasteiger partial charge in [-0.2, -0.15) is 13.2 Å². The van der Waals surface area contributed by atoms with Gasteiger partial charge in [-0.3, -0.25) is 0 Å². The van der Waals surface area contributed by atoms with Crippen LogP contribution in [-0.4, -0.2) is 0 Å². The van der Waals surface area contributed by atoms with E-state index in [1.807, 2.05) is 0 Å². The SMILES string of the molecule is CC[C@@H](N)c1c(Cl)cccc1C(F)(F)F.Cl. The molecule has 0 heterocycles. The number of nitrogens with two attached hydrogens (primary N) is 1. The second-order valence-electron chi connectivity index (χ2n) is 3.21. The molecule has 0 saturated heterocycles. The molecule has 0 aliphatic rings. The van der Waals surface area contributed by atoms with Gasteiger partial charge in [0, 0.05) is 11.1 Å². The molecular formula is C10H12Cl2F3N. The van der Waals surface area contributed by atoms with E-state index in [-0.39, 0.29) is 23.0 Å². The molecule has 16 heavy (non-hydrogen) atoms. The first kappa shape index (κ1) is 15.5. The second-order valence-corrected chi connectivity index (χ2v) is 3.62. The highest BCUT2D eigenvalue weighted by Crippen LogP contribution is 2.37. The van der Waals surface area contributed by atoms with Crippen molar-refractivity contribution in [1.29, 1.82) is 0 Å². The van der Waals surface area contributed by atoms with Gasteiger partial charge in [-0.05, 0) is 24.1 Å². The average molecular weight is 274 g/mol. The summed E-state index contributed by atoms with van der Waals surface area (Å²) in [6, 6.07) is 3.01. The zero-order chi connectivity index (χ0) is 11.6. The van der Waals surface area contributed by atoms with Crippen LogP contribution < -0.4 is 5.73 Å². The fraction of sp³-hybridized carbons (Fsp3) is 0.400. The third kappa shape index (κ3) is 3.27. The molecule has 0 aliphatic heterocycles. The molecular weight excluding hydrogens is 262 g/mol. The van der Waals surface area contributed by atoms with Gasteiger partial charge in [0.15, 0.2) is 0 Å². The molecule has 1 aromatic rings. The van der Waals surface area contributed by atoms with E-state index in [0.29, 0.717) is 6.42 Å². The van der Waals surface area contributed by atoms with Crippen LogP contribution in [0.5, 0.6) is 0 Å². The quantitative estimate of drug-likeness (QED) is 0.859. The molecule has 0 fully saturated rings. The standard InChI is InChI=1S/C10H11ClF3N.ClH/c1-2-8(15)9-6(10(12,13)14)4-3-5-7(9)11;/h3-5,8H,2,15H2,1H3;1H/t8-;/m1./s1. The van der Waals surface area contributed by atoms with Gasteiger partial charge in [0.25, 0.3) is 0 Å². The Morgan fingerprint density at radius 1 is 1.38 bits per heavy atom. The lowest BCUT2D eigenvalue weighted by atomic mass is 9.99. The largest absolute Gasteiger partial charge is 0.416 e. The smallest absolute Gasteiger partial charge is 0.324 e. The predicted octanol–water partition coefficient (Wildman–Crippen LogP) is 4.19. The summed E-state index contributed by atoms with van der Waals surface area (Å²) in [4.78, 5) is 0. The highest BCUT2D eigenvalue weighted by atomic mass is 35.5. The summed E-state index contributed by atoms with van der Waals surface area (Å²) in [5.41, 5.74) is 4.84. The lowest BCUT2D eigenvalue weighted by Crippen LogP contribution is -2.17. The van der Waals surface area contributed by atoms with E-state index in [1.165, 1.54) is 12.1 Å². The minimum Gasteiger partial charge on any atom is -0.324 e. The first-order valence-electron chi connectivity index (χ1n) is 4.49. The third-order valence-electron chi connectivity index (χ3n) is 2.17. The molecule has 1 atom stereocenters. The maximum Gasteiger partial charge on any atom is 0.416 e. The highest BCUT2D eigenvalue weighted by molar-refractivity contribution is 6.31. The minimum atomic E-state index is -4.41. The van der Waals surface area contributed by atoms with Gasteiger partial charge in [-0.25, -0.2) is 0 Å². The summed E-state index contributed by atoms with van der Waals surface area (Å²) >= 11 is 5.73. The van der Waals surface area contributed by atoms with Crippen molar-refractivity contribution in [2.75, 3.05) is 0 Å². The molecule has 0 radical (unpaired) electrons. The topological polar surface area (TPSA) is 26.0 Å². The first-order valence-corrected chi connectivity index (χ1v) is 4.87. The van der Waals surface area contributed by atoms with Crippen molar-refractivity contribution in [3.63, 3.8) is 0 Å². The van der Waals surface area contributed by atoms with Gasteiger partial charge in [0.05, 0.1) is 5.56 Å². The Hall–Kier alpha value is -0.450. The maximum absolute atomic E-state index is 12.6. The lowest BCUT2D eigenvalue weighted by Gasteiger charge is -2.18. The molecule has 0 aromatic heterocycles. The van der Waals surface area contributed by atoms with E-state index in [4.69, 9.17) is 17.3 Å². The molecule has 1 nitrogen and oxygen atoms in total. The normalized spacial score (nSPS) is 13.1. The van der Waals surface area contributed by atoms with Gasteiger partial charge in [0.1, 0.15) is 0 Å². The predicted molar refractivity (Wildman–Crippen MR) is 60.9 cm³/mol. The summed E-state index contributed by atoms with van der Waals surface area (Å²) in [5, 5.41) is 0.0687. The molecule has 1 rings (SSSR count). The van der Waals surface area contributed by atoms with Crippen LogP contribution in [0.25, 0.3) is 0 Å². The summed E-state index contributed by atoms with van der Waals surface area (Å²) in [6.45, 7) is 1.72. The summed E-state index contributed by atoms with van der Waals surface area (Å²) < 4.78 is 37.8. The molecule has 2 N–H and O–H groups in total. The van der Waals surface area contributed by atoms with Gasteiger partial charge in [0.2, 0.25) is 0 Å². The average Bonchev–Trinajstić information content (AvgIpc) is 2.15. The van der Waals surface area contributed by atoms with Crippen molar-refractivity contribution in [2.24, 2.45) is 5.73 Å². The van der Waals surface area contributed by atoms with E-state index >= 15 is 0 Å². The Morgan fingerprint density at radius 3 is 2.38 bits per heavy atom. The van der Waals surface area contributed by atoms with Crippen LogP contribution in [0.3, 0.4) is 0 Å². The molecule has 0 amide bonds. The number of hydrogen-bond donors (Lipinski definition) is 1. The Balaban J connectivity index is 0.00000225. The van der Waals surface area contributed by atoms with E-state index < -0.39 is 17.8 Å². The molecule has 0 bridgehead atoms. The first-order chi connectivity index (χ1) is 6.88. The number of alkyl halides is 3. The summed E-state index contributed by atoms with van der Waals surface area (Å²) in [7, 11) is 0. The Bertz CT molecular complexity index is 352. The van der Waals surface area contributed by atoms with E-state index in [0.717, 1.165) is 6.07 Å². The van der Waals surface area contributed by atoms with Crippen LogP contribution >= 0.6 is 24.0 Å². The zero-order valence-electron chi connectivity index (χ0n) is 8.51. The molecule has 0 spiro atoms. The summed E-state index contributed by atoms with van der Waals surface area (Å²) in [6.07, 6.45) is -4.00. The van der Waals surface area contributed by atoms with Gasteiger partial charge < -0.3 is 5.73 Å². The molecule has 92 valence electrons. The van der Waals surface area contributed by atoms with Crippen molar-refractivity contribution < 1.29 is 13.2 Å². The van der Waals surface area contributed by atoms with Crippen molar-refractivity contribution in [1.82, 2.24) is 0 Å². The Labute approximate surface area is 103 Å². The van der Waals surface area contributed by atoms with Crippen LogP contribution in [-0.2, 0) is 6.18 Å². The van der Waals surface area contributed by atoms with Crippen molar-refractivity contribution in [3.05, 3.63) is 34.3 Å². The zero-order valence-corrected chi connectivity index (χ0v) is 10.1. The van der Waals surface area contributed by atoms with E-state index in [9.17, 15) is 13.2 Å². The lowest BCUT2D eigenvalue weighted by molar-refractivity contribution is -0.138. The highest BCUT2D eigenvalue weighted by Gasteiger charge is 2.35. The van der Waals surface area contributed by atoms with Crippen molar-refractivity contribution in [3.8, 4) is 0 Å². The monoisotopic (exact) mass is 273 g/mol. The van der Waals surface area contributed by atoms with E-state index in [1.54, 1.807) is 6.92 Å². The molecule has 6 heteroatoms. The van der Waals surface area contributed by atoms with Gasteiger partial charge in [-0.15, -0.1) is 12.4 Å². The van der Waals surface area contributed by atoms with Crippen LogP contribution in [0.4, 0.5) is 13.2 Å². The number of benzene rings is 1. The van der Waals surface area contributed by atoms with Crippen LogP contribution in [0, 0.1) is 0 Å². The fourth-order valence-corrected chi connectivity index (χ4v) is 1.68. The minimum absolute atomic E-state index is 0. The van der Waals surface area contributed by atoms with Crippen molar-refractivity contribution in [2.45, 2.75) is 25.6 Å². The Kier molecular flexibility index (Phi) is 5.59. The number of halogens is 5. The molecule has 0 saturated carbocycles. The van der Waals surface area contributed by atoms with Crippen LogP contribution in [0.15, 0.2) is 18.2 Å². The molecule has 0 unspecified atom stereocenters. The number of rotatable bonds is 2. The Morgan fingerprint density at radius 2 is 1.94 bits per heavy atom. The van der Waals surface area contributed by atoms with Crippen LogP contribution in [0.2, 0.25) is 5.02 Å². The molecule has 1 aromatic carbocycles. The van der Waals surface area contributed by atoms with Crippen LogP contribution in [0.1, 0.15) is 30.5 Å². The summed E-state index contributed by atoms with van der Waals surface area (Å²) in [5.74, 6) is 0. The van der Waals surface area contributed by atoms with Gasteiger partial charge >= 0.3 is 6.18 Å². The maximum atomic E-state index is 12.6. The van der Waals surface area contributed by atoms with E-state index in [2.05, 4.69) is 0 Å². The molecule has 0 aliphatic carbocycles. The fourth-order valence-electron chi connectivity index (χ4n) is 1.37.